The Labute approximate surface area is 80.5 Å². The van der Waals surface area contributed by atoms with Crippen molar-refractivity contribution >= 4 is 5.78 Å². The van der Waals surface area contributed by atoms with E-state index in [9.17, 15) is 4.79 Å². The van der Waals surface area contributed by atoms with Crippen LogP contribution in [0.1, 0.15) is 44.9 Å². The maximum Gasteiger partial charge on any atom is 0.132 e. The molecule has 0 amide bonds. The van der Waals surface area contributed by atoms with Crippen molar-refractivity contribution in [3.63, 3.8) is 0 Å². The van der Waals surface area contributed by atoms with Gasteiger partial charge in [0.05, 0.1) is 0 Å². The molecule has 0 aromatic carbocycles. The van der Waals surface area contributed by atoms with Gasteiger partial charge in [0.1, 0.15) is 5.78 Å². The van der Waals surface area contributed by atoms with Crippen LogP contribution in [0.3, 0.4) is 0 Å². The maximum atomic E-state index is 11.3. The molecule has 0 N–H and O–H groups in total. The van der Waals surface area contributed by atoms with Gasteiger partial charge in [0.2, 0.25) is 0 Å². The predicted molar refractivity (Wildman–Crippen MR) is 55.6 cm³/mol. The minimum absolute atomic E-state index is 0.443. The van der Waals surface area contributed by atoms with E-state index in [1.807, 2.05) is 0 Å². The van der Waals surface area contributed by atoms with Gasteiger partial charge >= 0.3 is 0 Å². The quantitative estimate of drug-likeness (QED) is 0.555. The molecule has 72 valence electrons. The summed E-state index contributed by atoms with van der Waals surface area (Å²) in [5.74, 6) is 0.443. The fraction of sp³-hybridized carbons (Fsp3) is 0.583. The molecule has 0 unspecified atom stereocenters. The van der Waals surface area contributed by atoms with Gasteiger partial charge < -0.3 is 0 Å². The smallest absolute Gasteiger partial charge is 0.132 e. The SMILES string of the molecule is O=C1CCCC=CC=CCCCC1. The second kappa shape index (κ2) is 6.64. The zero-order valence-electron chi connectivity index (χ0n) is 8.17. The Morgan fingerprint density at radius 2 is 1.46 bits per heavy atom. The molecule has 1 aliphatic rings. The molecule has 0 radical (unpaired) electrons. The lowest BCUT2D eigenvalue weighted by Crippen LogP contribution is -1.97. The van der Waals surface area contributed by atoms with E-state index < -0.39 is 0 Å². The van der Waals surface area contributed by atoms with E-state index in [0.29, 0.717) is 5.78 Å². The van der Waals surface area contributed by atoms with Crippen molar-refractivity contribution in [3.05, 3.63) is 24.3 Å². The number of allylic oxidation sites excluding steroid dienone is 4. The molecule has 0 spiro atoms. The van der Waals surface area contributed by atoms with E-state index >= 15 is 0 Å². The molecular formula is C12H18O. The molecule has 0 bridgehead atoms. The zero-order valence-corrected chi connectivity index (χ0v) is 8.17. The Morgan fingerprint density at radius 1 is 0.846 bits per heavy atom. The van der Waals surface area contributed by atoms with Crippen LogP contribution in [0.15, 0.2) is 24.3 Å². The van der Waals surface area contributed by atoms with Crippen LogP contribution in [0, 0.1) is 0 Å². The van der Waals surface area contributed by atoms with Crippen molar-refractivity contribution in [2.75, 3.05) is 0 Å². The summed E-state index contributed by atoms with van der Waals surface area (Å²) in [5.41, 5.74) is 0. The summed E-state index contributed by atoms with van der Waals surface area (Å²) in [6, 6.07) is 0. The summed E-state index contributed by atoms with van der Waals surface area (Å²) < 4.78 is 0. The molecule has 0 aliphatic heterocycles. The lowest BCUT2D eigenvalue weighted by atomic mass is 10.1. The number of carbonyl (C=O) groups is 1. The minimum Gasteiger partial charge on any atom is -0.300 e. The molecule has 0 heterocycles. The van der Waals surface area contributed by atoms with E-state index in [0.717, 1.165) is 44.9 Å². The van der Waals surface area contributed by atoms with E-state index in [2.05, 4.69) is 24.3 Å². The number of ketones is 1. The highest BCUT2D eigenvalue weighted by Gasteiger charge is 2.00. The molecule has 0 aromatic heterocycles. The Bertz CT molecular complexity index is 201. The van der Waals surface area contributed by atoms with Gasteiger partial charge in [-0.25, -0.2) is 0 Å². The summed E-state index contributed by atoms with van der Waals surface area (Å²) in [4.78, 5) is 11.3. The molecule has 0 atom stereocenters. The fourth-order valence-corrected chi connectivity index (χ4v) is 1.48. The third kappa shape index (κ3) is 5.40. The van der Waals surface area contributed by atoms with Crippen molar-refractivity contribution in [3.8, 4) is 0 Å². The molecule has 0 aromatic rings. The second-order valence-electron chi connectivity index (χ2n) is 3.53. The number of carbonyl (C=O) groups excluding carboxylic acids is 1. The highest BCUT2D eigenvalue weighted by Crippen LogP contribution is 2.07. The first-order valence-corrected chi connectivity index (χ1v) is 5.23. The molecule has 1 nitrogen and oxygen atoms in total. The summed E-state index contributed by atoms with van der Waals surface area (Å²) in [6.45, 7) is 0. The first-order chi connectivity index (χ1) is 6.39. The van der Waals surface area contributed by atoms with Crippen LogP contribution in [0.5, 0.6) is 0 Å². The number of hydrogen-bond acceptors (Lipinski definition) is 1. The van der Waals surface area contributed by atoms with Gasteiger partial charge in [-0.05, 0) is 32.1 Å². The lowest BCUT2D eigenvalue weighted by molar-refractivity contribution is -0.119. The minimum atomic E-state index is 0.443. The van der Waals surface area contributed by atoms with Crippen LogP contribution < -0.4 is 0 Å². The van der Waals surface area contributed by atoms with Crippen molar-refractivity contribution in [2.45, 2.75) is 44.9 Å². The van der Waals surface area contributed by atoms with Crippen molar-refractivity contribution in [1.82, 2.24) is 0 Å². The van der Waals surface area contributed by atoms with Gasteiger partial charge in [0.25, 0.3) is 0 Å². The Balaban J connectivity index is 2.33. The van der Waals surface area contributed by atoms with E-state index in [1.54, 1.807) is 0 Å². The third-order valence-electron chi connectivity index (χ3n) is 2.29. The molecule has 1 heteroatoms. The molecule has 13 heavy (non-hydrogen) atoms. The molecule has 1 aliphatic carbocycles. The highest BCUT2D eigenvalue weighted by molar-refractivity contribution is 5.78. The van der Waals surface area contributed by atoms with Crippen molar-refractivity contribution < 1.29 is 4.79 Å². The molecule has 1 rings (SSSR count). The number of rotatable bonds is 0. The average Bonchev–Trinajstić information content (AvgIpc) is 2.11. The predicted octanol–water partition coefficient (Wildman–Crippen LogP) is 3.41. The van der Waals surface area contributed by atoms with Gasteiger partial charge in [-0.15, -0.1) is 0 Å². The summed E-state index contributed by atoms with van der Waals surface area (Å²) in [7, 11) is 0. The summed E-state index contributed by atoms with van der Waals surface area (Å²) >= 11 is 0. The van der Waals surface area contributed by atoms with Crippen LogP contribution in [0.4, 0.5) is 0 Å². The Kier molecular flexibility index (Phi) is 5.23. The molecule has 0 saturated heterocycles. The maximum absolute atomic E-state index is 11.3. The first kappa shape index (κ1) is 10.2. The first-order valence-electron chi connectivity index (χ1n) is 5.23. The fourth-order valence-electron chi connectivity index (χ4n) is 1.48. The van der Waals surface area contributed by atoms with Gasteiger partial charge in [-0.2, -0.15) is 0 Å². The normalized spacial score (nSPS) is 20.8. The van der Waals surface area contributed by atoms with Crippen LogP contribution >= 0.6 is 0 Å². The van der Waals surface area contributed by atoms with E-state index in [-0.39, 0.29) is 0 Å². The largest absolute Gasteiger partial charge is 0.300 e. The Morgan fingerprint density at radius 3 is 2.23 bits per heavy atom. The van der Waals surface area contributed by atoms with Crippen LogP contribution in [0.2, 0.25) is 0 Å². The number of hydrogen-bond donors (Lipinski definition) is 0. The topological polar surface area (TPSA) is 17.1 Å². The molecule has 0 saturated carbocycles. The van der Waals surface area contributed by atoms with Gasteiger partial charge in [0, 0.05) is 12.8 Å². The van der Waals surface area contributed by atoms with Crippen LogP contribution in [0.25, 0.3) is 0 Å². The van der Waals surface area contributed by atoms with E-state index in [1.165, 1.54) is 0 Å². The zero-order chi connectivity index (χ0) is 9.36. The number of Topliss-reactive ketones (excluding diaryl/α,β-unsaturated/α-hetero) is 1. The van der Waals surface area contributed by atoms with Gasteiger partial charge in [-0.3, -0.25) is 4.79 Å². The van der Waals surface area contributed by atoms with Crippen molar-refractivity contribution in [1.29, 1.82) is 0 Å². The Hall–Kier alpha value is -0.850. The lowest BCUT2D eigenvalue weighted by Gasteiger charge is -1.99. The standard InChI is InChI=1S/C12H18O/c13-12-10-8-6-4-2-1-3-5-7-9-11-12/h1-4H,5-11H2. The second-order valence-corrected chi connectivity index (χ2v) is 3.53. The molecular weight excluding hydrogens is 160 g/mol. The van der Waals surface area contributed by atoms with Gasteiger partial charge in [0.15, 0.2) is 0 Å². The monoisotopic (exact) mass is 178 g/mol. The highest BCUT2D eigenvalue weighted by atomic mass is 16.1. The average molecular weight is 178 g/mol. The molecule has 0 fully saturated rings. The third-order valence-corrected chi connectivity index (χ3v) is 2.29. The van der Waals surface area contributed by atoms with Crippen molar-refractivity contribution in [2.24, 2.45) is 0 Å². The van der Waals surface area contributed by atoms with Crippen LogP contribution in [-0.2, 0) is 4.79 Å². The van der Waals surface area contributed by atoms with Crippen LogP contribution in [-0.4, -0.2) is 5.78 Å². The van der Waals surface area contributed by atoms with Gasteiger partial charge in [-0.1, -0.05) is 24.3 Å². The van der Waals surface area contributed by atoms with E-state index in [4.69, 9.17) is 0 Å². The summed E-state index contributed by atoms with van der Waals surface area (Å²) in [5, 5.41) is 0. The summed E-state index contributed by atoms with van der Waals surface area (Å²) in [6.07, 6.45) is 15.5.